The number of benzene rings is 2. The van der Waals surface area contributed by atoms with E-state index < -0.39 is 0 Å². The molecular weight excluding hydrogens is 298 g/mol. The fourth-order valence-electron chi connectivity index (χ4n) is 2.72. The summed E-state index contributed by atoms with van der Waals surface area (Å²) in [4.78, 5) is 18.9. The molecule has 4 aromatic rings. The van der Waals surface area contributed by atoms with E-state index in [0.29, 0.717) is 5.69 Å². The molecule has 0 aliphatic heterocycles. The number of H-pyrrole nitrogens is 2. The summed E-state index contributed by atoms with van der Waals surface area (Å²) in [5, 5.41) is 2.37. The van der Waals surface area contributed by atoms with E-state index in [2.05, 4.69) is 59.3 Å². The van der Waals surface area contributed by atoms with E-state index in [4.69, 9.17) is 0 Å². The van der Waals surface area contributed by atoms with Gasteiger partial charge in [-0.25, -0.2) is 0 Å². The Hall–Kier alpha value is -2.85. The number of carbonyl (C=O) groups is 1. The number of carbonyl (C=O) groups excluding carboxylic acids is 1. The number of hydrogen-bond donors (Lipinski definition) is 2. The summed E-state index contributed by atoms with van der Waals surface area (Å²) in [6.07, 6.45) is 0.819. The molecule has 2 aromatic carbocycles. The minimum absolute atomic E-state index is 0.631. The monoisotopic (exact) mass is 319 g/mol. The van der Waals surface area contributed by atoms with Crippen LogP contribution in [-0.4, -0.2) is 35.2 Å². The molecule has 0 bridgehead atoms. The molecule has 0 amide bonds. The zero-order chi connectivity index (χ0) is 16.9. The standard InChI is InChI=1S/C11H14N2.C9H7NO/c1-13(2)8-10-7-9-5-3-4-6-11(9)12-10;11-6-8-5-7-3-1-2-4-9(7)10-8/h3-7,12H,8H2,1-2H3;1-6,10H. The van der Waals surface area contributed by atoms with Crippen LogP contribution in [0.25, 0.3) is 21.8 Å². The molecule has 24 heavy (non-hydrogen) atoms. The predicted octanol–water partition coefficient (Wildman–Crippen LogP) is 4.21. The van der Waals surface area contributed by atoms with Gasteiger partial charge >= 0.3 is 0 Å². The van der Waals surface area contributed by atoms with Crippen molar-refractivity contribution in [3.63, 3.8) is 0 Å². The van der Waals surface area contributed by atoms with Crippen LogP contribution in [0.1, 0.15) is 16.2 Å². The van der Waals surface area contributed by atoms with E-state index in [-0.39, 0.29) is 0 Å². The third-order valence-corrected chi connectivity index (χ3v) is 3.75. The largest absolute Gasteiger partial charge is 0.357 e. The molecule has 2 N–H and O–H groups in total. The molecule has 2 heterocycles. The van der Waals surface area contributed by atoms with Gasteiger partial charge < -0.3 is 14.9 Å². The lowest BCUT2D eigenvalue weighted by Gasteiger charge is -2.06. The molecule has 4 heteroatoms. The van der Waals surface area contributed by atoms with Crippen LogP contribution in [0.4, 0.5) is 0 Å². The Morgan fingerprint density at radius 3 is 2.00 bits per heavy atom. The zero-order valence-corrected chi connectivity index (χ0v) is 13.9. The first-order chi connectivity index (χ1) is 11.7. The number of nitrogens with one attached hydrogen (secondary N) is 2. The van der Waals surface area contributed by atoms with E-state index >= 15 is 0 Å². The van der Waals surface area contributed by atoms with Crippen molar-refractivity contribution in [2.75, 3.05) is 14.1 Å². The number of rotatable bonds is 3. The maximum atomic E-state index is 10.3. The Morgan fingerprint density at radius 2 is 1.46 bits per heavy atom. The van der Waals surface area contributed by atoms with E-state index in [9.17, 15) is 4.79 Å². The van der Waals surface area contributed by atoms with Crippen molar-refractivity contribution in [3.8, 4) is 0 Å². The van der Waals surface area contributed by atoms with Crippen LogP contribution < -0.4 is 0 Å². The third-order valence-electron chi connectivity index (χ3n) is 3.75. The van der Waals surface area contributed by atoms with E-state index in [1.54, 1.807) is 0 Å². The van der Waals surface area contributed by atoms with E-state index in [0.717, 1.165) is 23.7 Å². The molecule has 0 aliphatic carbocycles. The van der Waals surface area contributed by atoms with Crippen LogP contribution in [0, 0.1) is 0 Å². The SMILES string of the molecule is CN(C)Cc1cc2ccccc2[nH]1.O=Cc1cc2ccccc2[nH]1. The summed E-state index contributed by atoms with van der Waals surface area (Å²) in [6.45, 7) is 0.967. The van der Waals surface area contributed by atoms with Crippen molar-refractivity contribution in [1.82, 2.24) is 14.9 Å². The molecule has 122 valence electrons. The first-order valence-electron chi connectivity index (χ1n) is 7.90. The highest BCUT2D eigenvalue weighted by atomic mass is 16.1. The number of para-hydroxylation sites is 2. The Labute approximate surface area is 141 Å². The predicted molar refractivity (Wildman–Crippen MR) is 99.4 cm³/mol. The highest BCUT2D eigenvalue weighted by Gasteiger charge is 2.00. The molecule has 0 radical (unpaired) electrons. The van der Waals surface area contributed by atoms with Gasteiger partial charge in [-0.05, 0) is 43.7 Å². The maximum absolute atomic E-state index is 10.3. The first-order valence-corrected chi connectivity index (χ1v) is 7.90. The summed E-state index contributed by atoms with van der Waals surface area (Å²) in [7, 11) is 4.15. The molecule has 0 unspecified atom stereocenters. The average Bonchev–Trinajstić information content (AvgIpc) is 3.17. The van der Waals surface area contributed by atoms with Crippen molar-refractivity contribution >= 4 is 28.1 Å². The van der Waals surface area contributed by atoms with Gasteiger partial charge in [0.15, 0.2) is 6.29 Å². The molecule has 0 saturated heterocycles. The number of aromatic nitrogens is 2. The maximum Gasteiger partial charge on any atom is 0.166 e. The van der Waals surface area contributed by atoms with Crippen LogP contribution in [0.3, 0.4) is 0 Å². The summed E-state index contributed by atoms with van der Waals surface area (Å²) in [5.74, 6) is 0. The molecule has 2 aromatic heterocycles. The summed E-state index contributed by atoms with van der Waals surface area (Å²) in [6, 6.07) is 20.2. The first kappa shape index (κ1) is 16.0. The van der Waals surface area contributed by atoms with E-state index in [1.807, 2.05) is 30.3 Å². The molecular formula is C20H21N3O. The molecule has 0 fully saturated rings. The number of fused-ring (bicyclic) bond motifs is 2. The number of nitrogens with zero attached hydrogens (tertiary/aromatic N) is 1. The van der Waals surface area contributed by atoms with Crippen molar-refractivity contribution in [2.24, 2.45) is 0 Å². The van der Waals surface area contributed by atoms with Gasteiger partial charge in [0.05, 0.1) is 5.69 Å². The highest BCUT2D eigenvalue weighted by molar-refractivity contribution is 5.87. The third kappa shape index (κ3) is 3.73. The number of hydrogen-bond acceptors (Lipinski definition) is 2. The Kier molecular flexibility index (Phi) is 4.77. The second kappa shape index (κ2) is 7.15. The smallest absolute Gasteiger partial charge is 0.166 e. The minimum Gasteiger partial charge on any atom is -0.357 e. The Morgan fingerprint density at radius 1 is 0.875 bits per heavy atom. The molecule has 0 saturated carbocycles. The van der Waals surface area contributed by atoms with Crippen molar-refractivity contribution in [1.29, 1.82) is 0 Å². The lowest BCUT2D eigenvalue weighted by Crippen LogP contribution is -2.10. The topological polar surface area (TPSA) is 51.9 Å². The van der Waals surface area contributed by atoms with Gasteiger partial charge in [0.2, 0.25) is 0 Å². The molecule has 4 rings (SSSR count). The van der Waals surface area contributed by atoms with Crippen molar-refractivity contribution in [2.45, 2.75) is 6.54 Å². The fourth-order valence-corrected chi connectivity index (χ4v) is 2.72. The van der Waals surface area contributed by atoms with Gasteiger partial charge in [0, 0.05) is 28.7 Å². The Bertz CT molecular complexity index is 884. The van der Waals surface area contributed by atoms with Gasteiger partial charge in [-0.15, -0.1) is 0 Å². The minimum atomic E-state index is 0.631. The normalized spacial score (nSPS) is 10.8. The lowest BCUT2D eigenvalue weighted by atomic mass is 10.2. The second-order valence-corrected chi connectivity index (χ2v) is 6.05. The molecule has 0 atom stereocenters. The van der Waals surface area contributed by atoms with Gasteiger partial charge in [-0.2, -0.15) is 0 Å². The summed E-state index contributed by atoms with van der Waals surface area (Å²) < 4.78 is 0. The van der Waals surface area contributed by atoms with Crippen LogP contribution in [0.5, 0.6) is 0 Å². The summed E-state index contributed by atoms with van der Waals surface area (Å²) >= 11 is 0. The second-order valence-electron chi connectivity index (χ2n) is 6.05. The summed E-state index contributed by atoms with van der Waals surface area (Å²) in [5.41, 5.74) is 4.13. The van der Waals surface area contributed by atoms with Crippen LogP contribution in [0.2, 0.25) is 0 Å². The zero-order valence-electron chi connectivity index (χ0n) is 13.9. The Balaban J connectivity index is 0.000000143. The quantitative estimate of drug-likeness (QED) is 0.556. The lowest BCUT2D eigenvalue weighted by molar-refractivity contribution is 0.112. The van der Waals surface area contributed by atoms with Crippen LogP contribution in [0.15, 0.2) is 60.7 Å². The van der Waals surface area contributed by atoms with Crippen molar-refractivity contribution in [3.05, 3.63) is 72.1 Å². The highest BCUT2D eigenvalue weighted by Crippen LogP contribution is 2.15. The van der Waals surface area contributed by atoms with Crippen LogP contribution in [-0.2, 0) is 6.54 Å². The number of aldehydes is 1. The molecule has 0 spiro atoms. The average molecular weight is 319 g/mol. The van der Waals surface area contributed by atoms with Gasteiger partial charge in [0.25, 0.3) is 0 Å². The van der Waals surface area contributed by atoms with Gasteiger partial charge in [0.1, 0.15) is 0 Å². The van der Waals surface area contributed by atoms with Gasteiger partial charge in [-0.1, -0.05) is 36.4 Å². The molecule has 0 aliphatic rings. The van der Waals surface area contributed by atoms with Crippen LogP contribution >= 0.6 is 0 Å². The molecule has 4 nitrogen and oxygen atoms in total. The van der Waals surface area contributed by atoms with Crippen molar-refractivity contribution < 1.29 is 4.79 Å². The van der Waals surface area contributed by atoms with E-state index in [1.165, 1.54) is 16.6 Å². The van der Waals surface area contributed by atoms with Gasteiger partial charge in [-0.3, -0.25) is 4.79 Å². The number of aromatic amines is 2. The fraction of sp³-hybridized carbons (Fsp3) is 0.150.